The van der Waals surface area contributed by atoms with Gasteiger partial charge in [-0.1, -0.05) is 79.8 Å². The smallest absolute Gasteiger partial charge is 0.326 e. The van der Waals surface area contributed by atoms with Crippen LogP contribution in [0.5, 0.6) is 0 Å². The normalized spacial score (nSPS) is 18.1. The first kappa shape index (κ1) is 17.4. The summed E-state index contributed by atoms with van der Waals surface area (Å²) in [5.74, 6) is -1.36. The minimum atomic E-state index is -1.02. The van der Waals surface area contributed by atoms with E-state index < -0.39 is 12.0 Å². The molecule has 1 aliphatic heterocycles. The van der Waals surface area contributed by atoms with Gasteiger partial charge in [-0.3, -0.25) is 9.69 Å². The minimum absolute atomic E-state index is 0.301. The number of carbonyl (C=O) groups excluding carboxylic acids is 1. The first-order valence-electron chi connectivity index (χ1n) is 7.26. The molecule has 1 saturated heterocycles. The van der Waals surface area contributed by atoms with Crippen molar-refractivity contribution < 1.29 is 14.7 Å². The summed E-state index contributed by atoms with van der Waals surface area (Å²) in [5.41, 5.74) is 1.02. The van der Waals surface area contributed by atoms with Crippen LogP contribution in [0.3, 0.4) is 0 Å². The number of carbonyl (C=O) groups is 2. The van der Waals surface area contributed by atoms with Crippen molar-refractivity contribution in [2.45, 2.75) is 25.8 Å². The van der Waals surface area contributed by atoms with Crippen LogP contribution in [0.4, 0.5) is 0 Å². The third-order valence-electron chi connectivity index (χ3n) is 3.32. The summed E-state index contributed by atoms with van der Waals surface area (Å²) in [4.78, 5) is 25.5. The van der Waals surface area contributed by atoms with Crippen LogP contribution in [0, 0.1) is 0 Å². The Morgan fingerprint density at radius 2 is 2.09 bits per heavy atom. The Hall–Kier alpha value is -1.92. The maximum atomic E-state index is 12.4. The molecule has 0 aliphatic carbocycles. The van der Waals surface area contributed by atoms with E-state index in [2.05, 4.69) is 0 Å². The van der Waals surface area contributed by atoms with Gasteiger partial charge >= 0.3 is 5.97 Å². The molecule has 1 aliphatic rings. The van der Waals surface area contributed by atoms with Gasteiger partial charge < -0.3 is 5.11 Å². The van der Waals surface area contributed by atoms with Crippen molar-refractivity contribution in [2.75, 3.05) is 0 Å². The topological polar surface area (TPSA) is 57.6 Å². The van der Waals surface area contributed by atoms with Crippen LogP contribution >= 0.6 is 24.0 Å². The van der Waals surface area contributed by atoms with Crippen molar-refractivity contribution in [3.63, 3.8) is 0 Å². The van der Waals surface area contributed by atoms with Crippen LogP contribution in [0.15, 0.2) is 47.4 Å². The Morgan fingerprint density at radius 1 is 1.39 bits per heavy atom. The molecule has 0 spiro atoms. The van der Waals surface area contributed by atoms with Crippen molar-refractivity contribution in [1.82, 2.24) is 4.90 Å². The molecule has 2 rings (SSSR count). The van der Waals surface area contributed by atoms with Gasteiger partial charge in [0.25, 0.3) is 5.91 Å². The summed E-state index contributed by atoms with van der Waals surface area (Å²) >= 11 is 6.33. The standard InChI is InChI=1S/C17H17NO3S2/c1-2-7-13(16(20)21)18-15(19)14(23-17(18)22)11-6-10-12-8-4-3-5-9-12/h3-6,8-11,13H,2,7H2,1H3,(H,20,21)/b10-6+,14-11-. The predicted molar refractivity (Wildman–Crippen MR) is 96.9 cm³/mol. The maximum Gasteiger partial charge on any atom is 0.326 e. The van der Waals surface area contributed by atoms with Gasteiger partial charge in [-0.15, -0.1) is 0 Å². The molecule has 1 aromatic carbocycles. The largest absolute Gasteiger partial charge is 0.480 e. The third kappa shape index (κ3) is 4.30. The SMILES string of the molecule is CCCC(C(=O)O)N1C(=O)/C(=C/C=C/c2ccccc2)SC1=S. The predicted octanol–water partition coefficient (Wildman–Crippen LogP) is 3.70. The number of carboxylic acids is 1. The van der Waals surface area contributed by atoms with Crippen molar-refractivity contribution in [1.29, 1.82) is 0 Å². The van der Waals surface area contributed by atoms with Gasteiger partial charge in [0.2, 0.25) is 0 Å². The van der Waals surface area contributed by atoms with Gasteiger partial charge in [-0.25, -0.2) is 4.79 Å². The second-order valence-corrected chi connectivity index (χ2v) is 6.66. The number of nitrogens with zero attached hydrogens (tertiary/aromatic N) is 1. The molecule has 6 heteroatoms. The van der Waals surface area contributed by atoms with Crippen LogP contribution < -0.4 is 0 Å². The summed E-state index contributed by atoms with van der Waals surface area (Å²) in [6.07, 6.45) is 6.39. The Morgan fingerprint density at radius 3 is 2.70 bits per heavy atom. The average Bonchev–Trinajstić information content (AvgIpc) is 2.80. The van der Waals surface area contributed by atoms with Gasteiger partial charge in [0.1, 0.15) is 10.4 Å². The average molecular weight is 347 g/mol. The number of aliphatic carboxylic acids is 1. The highest BCUT2D eigenvalue weighted by Gasteiger charge is 2.39. The molecule has 0 bridgehead atoms. The molecular weight excluding hydrogens is 330 g/mol. The Balaban J connectivity index is 2.15. The number of benzene rings is 1. The molecule has 23 heavy (non-hydrogen) atoms. The zero-order chi connectivity index (χ0) is 16.8. The van der Waals surface area contributed by atoms with Gasteiger partial charge in [0.15, 0.2) is 0 Å². The van der Waals surface area contributed by atoms with E-state index in [-0.39, 0.29) is 5.91 Å². The molecule has 1 amide bonds. The number of hydrogen-bond acceptors (Lipinski definition) is 4. The highest BCUT2D eigenvalue weighted by molar-refractivity contribution is 8.26. The zero-order valence-electron chi connectivity index (χ0n) is 12.6. The molecule has 1 aromatic rings. The van der Waals surface area contributed by atoms with Crippen molar-refractivity contribution in [2.24, 2.45) is 0 Å². The molecule has 4 nitrogen and oxygen atoms in total. The summed E-state index contributed by atoms with van der Waals surface area (Å²) < 4.78 is 0.301. The Kier molecular flexibility index (Phi) is 6.12. The van der Waals surface area contributed by atoms with Gasteiger partial charge in [0.05, 0.1) is 4.91 Å². The number of rotatable bonds is 6. The second-order valence-electron chi connectivity index (χ2n) is 4.99. The van der Waals surface area contributed by atoms with Crippen molar-refractivity contribution in [3.05, 3.63) is 53.0 Å². The van der Waals surface area contributed by atoms with Crippen LogP contribution in [-0.4, -0.2) is 32.2 Å². The van der Waals surface area contributed by atoms with E-state index in [1.165, 1.54) is 4.90 Å². The van der Waals surface area contributed by atoms with Gasteiger partial charge in [-0.05, 0) is 18.1 Å². The lowest BCUT2D eigenvalue weighted by atomic mass is 10.1. The number of allylic oxidation sites excluding steroid dienone is 2. The summed E-state index contributed by atoms with van der Waals surface area (Å²) in [7, 11) is 0. The first-order valence-corrected chi connectivity index (χ1v) is 8.48. The van der Waals surface area contributed by atoms with E-state index >= 15 is 0 Å². The van der Waals surface area contributed by atoms with E-state index in [0.717, 1.165) is 17.3 Å². The monoisotopic (exact) mass is 347 g/mol. The highest BCUT2D eigenvalue weighted by Crippen LogP contribution is 2.33. The van der Waals surface area contributed by atoms with Gasteiger partial charge in [-0.2, -0.15) is 0 Å². The Labute approximate surface area is 144 Å². The number of carboxylic acid groups (broad SMARTS) is 1. The summed E-state index contributed by atoms with van der Waals surface area (Å²) in [5, 5.41) is 9.32. The highest BCUT2D eigenvalue weighted by atomic mass is 32.2. The number of thioether (sulfide) groups is 1. The molecule has 120 valence electrons. The molecule has 1 heterocycles. The number of hydrogen-bond donors (Lipinski definition) is 1. The first-order chi connectivity index (χ1) is 11.0. The molecule has 1 fully saturated rings. The molecule has 1 unspecified atom stereocenters. The van der Waals surface area contributed by atoms with Crippen LogP contribution in [0.2, 0.25) is 0 Å². The maximum absolute atomic E-state index is 12.4. The van der Waals surface area contributed by atoms with E-state index in [4.69, 9.17) is 12.2 Å². The lowest BCUT2D eigenvalue weighted by molar-refractivity contribution is -0.145. The lowest BCUT2D eigenvalue weighted by Gasteiger charge is -2.22. The molecule has 0 aromatic heterocycles. The van der Waals surface area contributed by atoms with Crippen molar-refractivity contribution in [3.8, 4) is 0 Å². The fourth-order valence-electron chi connectivity index (χ4n) is 2.21. The summed E-state index contributed by atoms with van der Waals surface area (Å²) in [6.45, 7) is 1.88. The minimum Gasteiger partial charge on any atom is -0.480 e. The molecule has 0 radical (unpaired) electrons. The number of amides is 1. The quantitative estimate of drug-likeness (QED) is 0.628. The van der Waals surface area contributed by atoms with Crippen LogP contribution in [-0.2, 0) is 9.59 Å². The number of thiocarbonyl (C=S) groups is 1. The summed E-state index contributed by atoms with van der Waals surface area (Å²) in [6, 6.07) is 8.82. The fraction of sp³-hybridized carbons (Fsp3) is 0.235. The molecule has 0 saturated carbocycles. The van der Waals surface area contributed by atoms with Gasteiger partial charge in [0, 0.05) is 0 Å². The Bertz CT molecular complexity index is 668. The van der Waals surface area contributed by atoms with Crippen LogP contribution in [0.1, 0.15) is 25.3 Å². The van der Waals surface area contributed by atoms with E-state index in [1.807, 2.05) is 43.3 Å². The van der Waals surface area contributed by atoms with E-state index in [9.17, 15) is 14.7 Å². The van der Waals surface area contributed by atoms with E-state index in [0.29, 0.717) is 22.1 Å². The van der Waals surface area contributed by atoms with Crippen molar-refractivity contribution >= 4 is 46.3 Å². The lowest BCUT2D eigenvalue weighted by Crippen LogP contribution is -2.43. The molecule has 1 N–H and O–H groups in total. The van der Waals surface area contributed by atoms with Crippen LogP contribution in [0.25, 0.3) is 6.08 Å². The molecule has 1 atom stereocenters. The second kappa shape index (κ2) is 8.08. The molecular formula is C17H17NO3S2. The zero-order valence-corrected chi connectivity index (χ0v) is 14.3. The van der Waals surface area contributed by atoms with E-state index in [1.54, 1.807) is 12.2 Å². The third-order valence-corrected chi connectivity index (χ3v) is 4.67. The fourth-order valence-corrected chi connectivity index (χ4v) is 3.52.